The van der Waals surface area contributed by atoms with Crippen molar-refractivity contribution in [2.24, 2.45) is 0 Å². The Labute approximate surface area is 209 Å². The van der Waals surface area contributed by atoms with Crippen LogP contribution in [0.2, 0.25) is 5.02 Å². The first kappa shape index (κ1) is 25.0. The van der Waals surface area contributed by atoms with Crippen molar-refractivity contribution < 1.29 is 13.7 Å². The van der Waals surface area contributed by atoms with Crippen molar-refractivity contribution in [3.8, 4) is 11.3 Å². The van der Waals surface area contributed by atoms with Gasteiger partial charge in [-0.25, -0.2) is 9.37 Å². The monoisotopic (exact) mass is 498 g/mol. The Morgan fingerprint density at radius 1 is 1.23 bits per heavy atom. The zero-order valence-corrected chi connectivity index (χ0v) is 20.9. The van der Waals surface area contributed by atoms with Gasteiger partial charge < -0.3 is 20.4 Å². The van der Waals surface area contributed by atoms with Gasteiger partial charge in [0.1, 0.15) is 17.7 Å². The Hall–Kier alpha value is -3.14. The van der Waals surface area contributed by atoms with Gasteiger partial charge in [0.05, 0.1) is 37.7 Å². The van der Waals surface area contributed by atoms with E-state index >= 15 is 0 Å². The van der Waals surface area contributed by atoms with Crippen molar-refractivity contribution in [1.29, 1.82) is 0 Å². The molecule has 1 aliphatic heterocycles. The lowest BCUT2D eigenvalue weighted by Crippen LogP contribution is -2.60. The van der Waals surface area contributed by atoms with Crippen LogP contribution < -0.4 is 16.0 Å². The van der Waals surface area contributed by atoms with Gasteiger partial charge in [-0.3, -0.25) is 4.79 Å². The lowest BCUT2D eigenvalue weighted by atomic mass is 10.1. The van der Waals surface area contributed by atoms with Gasteiger partial charge in [-0.05, 0) is 37.3 Å². The Morgan fingerprint density at radius 2 is 2.06 bits per heavy atom. The molecule has 2 aromatic heterocycles. The van der Waals surface area contributed by atoms with Gasteiger partial charge in [0.25, 0.3) is 0 Å². The van der Waals surface area contributed by atoms with E-state index in [2.05, 4.69) is 45.2 Å². The predicted octanol–water partition coefficient (Wildman–Crippen LogP) is 4.15. The third kappa shape index (κ3) is 6.30. The molecule has 35 heavy (non-hydrogen) atoms. The molecule has 1 fully saturated rings. The Bertz CT molecular complexity index is 1220. The molecular formula is C25H30ClFN7O+. The largest absolute Gasteiger partial charge is 0.354 e. The normalized spacial score (nSPS) is 17.1. The van der Waals surface area contributed by atoms with E-state index in [1.54, 1.807) is 31.3 Å². The number of carbonyl (C=O) groups excluding carboxylic acids is 1. The van der Waals surface area contributed by atoms with Crippen molar-refractivity contribution in [3.63, 3.8) is 0 Å². The van der Waals surface area contributed by atoms with Gasteiger partial charge in [0.2, 0.25) is 5.91 Å². The van der Waals surface area contributed by atoms with Crippen LogP contribution >= 0.6 is 11.6 Å². The van der Waals surface area contributed by atoms with Crippen LogP contribution in [-0.2, 0) is 4.79 Å². The van der Waals surface area contributed by atoms with Crippen LogP contribution in [0, 0.1) is 12.7 Å². The number of nitrogens with zero attached hydrogens (tertiary/aromatic N) is 4. The number of piperazine rings is 1. The minimum atomic E-state index is -0.432. The van der Waals surface area contributed by atoms with Gasteiger partial charge in [-0.2, -0.15) is 10.2 Å². The fourth-order valence-electron chi connectivity index (χ4n) is 4.16. The minimum absolute atomic E-state index is 0.0688. The number of aromatic nitrogens is 3. The molecule has 10 heteroatoms. The van der Waals surface area contributed by atoms with Crippen molar-refractivity contribution in [3.05, 3.63) is 59.1 Å². The van der Waals surface area contributed by atoms with Crippen LogP contribution in [0.5, 0.6) is 0 Å². The topological polar surface area (TPSA) is 91.8 Å². The number of carbonyl (C=O) groups is 1. The summed E-state index contributed by atoms with van der Waals surface area (Å²) in [5.41, 5.74) is 2.63. The number of aryl methyl sites for hydroxylation is 1. The molecule has 3 N–H and O–H groups in total. The molecule has 3 heterocycles. The van der Waals surface area contributed by atoms with Crippen LogP contribution in [0.3, 0.4) is 0 Å². The van der Waals surface area contributed by atoms with E-state index in [1.165, 1.54) is 18.2 Å². The lowest BCUT2D eigenvalue weighted by Gasteiger charge is -2.42. The second kappa shape index (κ2) is 10.6. The maximum atomic E-state index is 14.3. The average Bonchev–Trinajstić information content (AvgIpc) is 2.81. The number of anilines is 3. The molecule has 0 spiro atoms. The zero-order valence-electron chi connectivity index (χ0n) is 20.1. The highest BCUT2D eigenvalue weighted by atomic mass is 35.5. The lowest BCUT2D eigenvalue weighted by molar-refractivity contribution is -0.917. The van der Waals surface area contributed by atoms with Crippen LogP contribution in [0.4, 0.5) is 21.6 Å². The molecule has 1 unspecified atom stereocenters. The quantitative estimate of drug-likeness (QED) is 0.424. The highest BCUT2D eigenvalue weighted by Crippen LogP contribution is 2.28. The number of benzene rings is 1. The van der Waals surface area contributed by atoms with E-state index in [-0.39, 0.29) is 11.5 Å². The van der Waals surface area contributed by atoms with Crippen LogP contribution in [0.1, 0.15) is 18.5 Å². The second-order valence-corrected chi connectivity index (χ2v) is 9.79. The first-order chi connectivity index (χ1) is 16.7. The van der Waals surface area contributed by atoms with E-state index < -0.39 is 5.82 Å². The fourth-order valence-corrected chi connectivity index (χ4v) is 4.33. The summed E-state index contributed by atoms with van der Waals surface area (Å²) >= 11 is 6.03. The van der Waals surface area contributed by atoms with Gasteiger partial charge in [0, 0.05) is 54.5 Å². The van der Waals surface area contributed by atoms with E-state index in [9.17, 15) is 9.18 Å². The molecule has 0 aliphatic carbocycles. The maximum absolute atomic E-state index is 14.3. The molecule has 0 radical (unpaired) electrons. The summed E-state index contributed by atoms with van der Waals surface area (Å²) in [4.78, 5) is 16.9. The zero-order chi connectivity index (χ0) is 25.0. The third-order valence-corrected chi connectivity index (χ3v) is 6.66. The molecule has 1 aromatic carbocycles. The number of halogens is 2. The molecule has 4 rings (SSSR count). The highest BCUT2D eigenvalue weighted by molar-refractivity contribution is 6.30. The van der Waals surface area contributed by atoms with Crippen molar-refractivity contribution in [2.75, 3.05) is 44.4 Å². The third-order valence-electron chi connectivity index (χ3n) is 6.43. The molecule has 1 atom stereocenters. The van der Waals surface area contributed by atoms with Crippen LogP contribution in [0.15, 0.2) is 42.6 Å². The summed E-state index contributed by atoms with van der Waals surface area (Å²) in [5, 5.41) is 18.3. The Kier molecular flexibility index (Phi) is 7.59. The number of amides is 1. The summed E-state index contributed by atoms with van der Waals surface area (Å²) in [5.74, 6) is -0.0457. The Morgan fingerprint density at radius 3 is 2.86 bits per heavy atom. The summed E-state index contributed by atoms with van der Waals surface area (Å²) in [7, 11) is 4.42. The number of nitrogens with one attached hydrogen (secondary N) is 3. The van der Waals surface area contributed by atoms with Crippen LogP contribution in [0.25, 0.3) is 11.3 Å². The van der Waals surface area contributed by atoms with Gasteiger partial charge in [-0.15, -0.1) is 0 Å². The average molecular weight is 499 g/mol. The standard InChI is InChI=1S/C25H29ClFN7O/c1-16-22(14-23(33-32-16)20-12-17(26)4-6-21(20)27)30-18-8-9-29-24(13-18)31-25(35)7-5-19-15-28-10-11-34(19,2)3/h4,6,8-9,12-14,19,28H,5,7,10-11,15H2,1-3H3,(H-,29,30,31,33,35)/p+1. The first-order valence-electron chi connectivity index (χ1n) is 11.6. The summed E-state index contributed by atoms with van der Waals surface area (Å²) in [6.45, 7) is 4.77. The smallest absolute Gasteiger partial charge is 0.225 e. The molecule has 0 saturated carbocycles. The predicted molar refractivity (Wildman–Crippen MR) is 136 cm³/mol. The highest BCUT2D eigenvalue weighted by Gasteiger charge is 2.31. The van der Waals surface area contributed by atoms with Gasteiger partial charge >= 0.3 is 0 Å². The SMILES string of the molecule is Cc1nnc(-c2cc(Cl)ccc2F)cc1Nc1ccnc(NC(=O)CCC2CNCC[N+]2(C)C)c1. The molecule has 1 aliphatic rings. The van der Waals surface area contributed by atoms with Crippen molar-refractivity contribution in [2.45, 2.75) is 25.8 Å². The van der Waals surface area contributed by atoms with Crippen molar-refractivity contribution >= 4 is 34.7 Å². The first-order valence-corrected chi connectivity index (χ1v) is 11.9. The Balaban J connectivity index is 1.43. The molecule has 8 nitrogen and oxygen atoms in total. The number of likely N-dealkylation sites (N-methyl/N-ethyl adjacent to an activating group) is 1. The summed E-state index contributed by atoms with van der Waals surface area (Å²) in [6.07, 6.45) is 2.84. The number of hydrogen-bond donors (Lipinski definition) is 3. The summed E-state index contributed by atoms with van der Waals surface area (Å²) < 4.78 is 15.2. The number of quaternary nitrogens is 1. The molecule has 3 aromatic rings. The molecule has 184 valence electrons. The van der Waals surface area contributed by atoms with Crippen molar-refractivity contribution in [1.82, 2.24) is 20.5 Å². The number of rotatable bonds is 7. The summed E-state index contributed by atoms with van der Waals surface area (Å²) in [6, 6.07) is 9.95. The number of hydrogen-bond acceptors (Lipinski definition) is 6. The van der Waals surface area contributed by atoms with E-state index in [0.29, 0.717) is 46.1 Å². The van der Waals surface area contributed by atoms with E-state index in [1.807, 2.05) is 0 Å². The molecule has 1 amide bonds. The van der Waals surface area contributed by atoms with Gasteiger partial charge in [0.15, 0.2) is 0 Å². The van der Waals surface area contributed by atoms with Crippen LogP contribution in [-0.4, -0.2) is 65.3 Å². The second-order valence-electron chi connectivity index (χ2n) is 9.35. The van der Waals surface area contributed by atoms with E-state index in [4.69, 9.17) is 11.6 Å². The molecular weight excluding hydrogens is 469 g/mol. The number of pyridine rings is 1. The minimum Gasteiger partial charge on any atom is -0.354 e. The van der Waals surface area contributed by atoms with E-state index in [0.717, 1.165) is 30.5 Å². The maximum Gasteiger partial charge on any atom is 0.225 e. The fraction of sp³-hybridized carbons (Fsp3) is 0.360. The molecule has 1 saturated heterocycles. The molecule has 0 bridgehead atoms. The van der Waals surface area contributed by atoms with Gasteiger partial charge in [-0.1, -0.05) is 11.6 Å².